The number of fused-ring (bicyclic) bond motifs is 1. The van der Waals surface area contributed by atoms with Crippen molar-refractivity contribution in [1.82, 2.24) is 4.98 Å². The lowest BCUT2D eigenvalue weighted by Gasteiger charge is -2.15. The van der Waals surface area contributed by atoms with Crippen LogP contribution in [0.15, 0.2) is 42.5 Å². The second kappa shape index (κ2) is 5.73. The van der Waals surface area contributed by atoms with Crippen molar-refractivity contribution in [2.24, 2.45) is 0 Å². The highest BCUT2D eigenvalue weighted by molar-refractivity contribution is 6.07. The van der Waals surface area contributed by atoms with Gasteiger partial charge in [-0.3, -0.25) is 4.79 Å². The van der Waals surface area contributed by atoms with Crippen molar-refractivity contribution in [1.29, 1.82) is 0 Å². The van der Waals surface area contributed by atoms with E-state index >= 15 is 0 Å². The van der Waals surface area contributed by atoms with E-state index in [1.807, 2.05) is 0 Å². The number of aromatic carboxylic acids is 1. The minimum Gasteiger partial charge on any atom is -0.508 e. The van der Waals surface area contributed by atoms with Gasteiger partial charge in [-0.15, -0.1) is 0 Å². The number of aromatic amines is 1. The molecule has 1 heterocycles. The summed E-state index contributed by atoms with van der Waals surface area (Å²) in [6, 6.07) is 11.0. The Morgan fingerprint density at radius 3 is 2.42 bits per heavy atom. The second-order valence-electron chi connectivity index (χ2n) is 5.57. The number of carboxylic acids is 2. The standard InChI is InChI=1S/C18H15NO5/c1-9-14(17(21)22)16-12(6-3-7-13(16)19-9)15(18(23)24)10-4-2-5-11(20)8-10/h2-8,15,19-20H,1H3,(H,21,22)(H,23,24). The van der Waals surface area contributed by atoms with E-state index in [0.717, 1.165) is 0 Å². The molecule has 0 saturated heterocycles. The Morgan fingerprint density at radius 2 is 1.79 bits per heavy atom. The van der Waals surface area contributed by atoms with Crippen molar-refractivity contribution in [2.75, 3.05) is 0 Å². The number of H-pyrrole nitrogens is 1. The van der Waals surface area contributed by atoms with Crippen molar-refractivity contribution in [2.45, 2.75) is 12.8 Å². The van der Waals surface area contributed by atoms with Gasteiger partial charge in [0, 0.05) is 16.6 Å². The molecule has 0 bridgehead atoms. The third-order valence-electron chi connectivity index (χ3n) is 4.02. The van der Waals surface area contributed by atoms with Gasteiger partial charge in [0.2, 0.25) is 0 Å². The van der Waals surface area contributed by atoms with E-state index < -0.39 is 17.9 Å². The highest BCUT2D eigenvalue weighted by Crippen LogP contribution is 2.35. The summed E-state index contributed by atoms with van der Waals surface area (Å²) in [5.41, 5.74) is 1.84. The van der Waals surface area contributed by atoms with E-state index in [2.05, 4.69) is 4.98 Å². The first kappa shape index (κ1) is 15.6. The van der Waals surface area contributed by atoms with Crippen LogP contribution in [0.3, 0.4) is 0 Å². The molecule has 0 spiro atoms. The lowest BCUT2D eigenvalue weighted by molar-refractivity contribution is -0.137. The first-order chi connectivity index (χ1) is 11.4. The molecule has 0 aliphatic heterocycles. The molecule has 1 unspecified atom stereocenters. The SMILES string of the molecule is Cc1[nH]c2cccc(C(C(=O)O)c3cccc(O)c3)c2c1C(=O)O. The van der Waals surface area contributed by atoms with Gasteiger partial charge >= 0.3 is 11.9 Å². The molecule has 3 aromatic rings. The van der Waals surface area contributed by atoms with E-state index in [9.17, 15) is 24.9 Å². The van der Waals surface area contributed by atoms with E-state index in [4.69, 9.17) is 0 Å². The van der Waals surface area contributed by atoms with Crippen molar-refractivity contribution >= 4 is 22.8 Å². The zero-order valence-electron chi connectivity index (χ0n) is 12.8. The molecule has 1 atom stereocenters. The molecule has 0 amide bonds. The highest BCUT2D eigenvalue weighted by atomic mass is 16.4. The summed E-state index contributed by atoms with van der Waals surface area (Å²) in [5.74, 6) is -3.38. The van der Waals surface area contributed by atoms with E-state index in [1.165, 1.54) is 12.1 Å². The minimum absolute atomic E-state index is 0.0466. The van der Waals surface area contributed by atoms with Gasteiger partial charge in [0.1, 0.15) is 11.7 Å². The predicted molar refractivity (Wildman–Crippen MR) is 87.6 cm³/mol. The Bertz CT molecular complexity index is 957. The molecule has 0 aliphatic rings. The quantitative estimate of drug-likeness (QED) is 0.589. The van der Waals surface area contributed by atoms with Crippen LogP contribution in [-0.2, 0) is 4.79 Å². The normalized spacial score (nSPS) is 12.2. The molecule has 0 radical (unpaired) electrons. The third-order valence-corrected chi connectivity index (χ3v) is 4.02. The molecule has 24 heavy (non-hydrogen) atoms. The maximum atomic E-state index is 11.9. The number of carboxylic acid groups (broad SMARTS) is 2. The van der Waals surface area contributed by atoms with Gasteiger partial charge < -0.3 is 20.3 Å². The number of phenolic OH excluding ortho intramolecular Hbond substituents is 1. The molecule has 0 aliphatic carbocycles. The maximum Gasteiger partial charge on any atom is 0.338 e. The molecule has 122 valence electrons. The second-order valence-corrected chi connectivity index (χ2v) is 5.57. The van der Waals surface area contributed by atoms with Crippen LogP contribution in [0.25, 0.3) is 10.9 Å². The topological polar surface area (TPSA) is 111 Å². The Hall–Kier alpha value is -3.28. The molecule has 4 N–H and O–H groups in total. The van der Waals surface area contributed by atoms with Gasteiger partial charge in [-0.25, -0.2) is 4.79 Å². The van der Waals surface area contributed by atoms with Crippen molar-refractivity contribution in [3.8, 4) is 5.75 Å². The van der Waals surface area contributed by atoms with Gasteiger partial charge in [0.05, 0.1) is 5.56 Å². The Labute approximate surface area is 137 Å². The van der Waals surface area contributed by atoms with Crippen LogP contribution in [0.2, 0.25) is 0 Å². The number of benzene rings is 2. The van der Waals surface area contributed by atoms with Crippen molar-refractivity contribution in [3.63, 3.8) is 0 Å². The van der Waals surface area contributed by atoms with Crippen LogP contribution in [0.4, 0.5) is 0 Å². The molecule has 0 fully saturated rings. The summed E-state index contributed by atoms with van der Waals surface area (Å²) in [6.45, 7) is 1.64. The summed E-state index contributed by atoms with van der Waals surface area (Å²) in [7, 11) is 0. The molecule has 2 aromatic carbocycles. The van der Waals surface area contributed by atoms with Crippen LogP contribution >= 0.6 is 0 Å². The average Bonchev–Trinajstić information content (AvgIpc) is 2.84. The zero-order chi connectivity index (χ0) is 17.4. The highest BCUT2D eigenvalue weighted by Gasteiger charge is 2.28. The van der Waals surface area contributed by atoms with Crippen LogP contribution < -0.4 is 0 Å². The number of hydrogen-bond acceptors (Lipinski definition) is 3. The van der Waals surface area contributed by atoms with E-state index in [1.54, 1.807) is 37.3 Å². The summed E-state index contributed by atoms with van der Waals surface area (Å²) in [5, 5.41) is 29.3. The third kappa shape index (κ3) is 2.48. The molecule has 6 nitrogen and oxygen atoms in total. The monoisotopic (exact) mass is 325 g/mol. The number of aromatic nitrogens is 1. The Morgan fingerprint density at radius 1 is 1.08 bits per heavy atom. The van der Waals surface area contributed by atoms with Gasteiger partial charge in [0.25, 0.3) is 0 Å². The fourth-order valence-electron chi connectivity index (χ4n) is 3.07. The number of phenols is 1. The maximum absolute atomic E-state index is 11.9. The fraction of sp³-hybridized carbons (Fsp3) is 0.111. The predicted octanol–water partition coefficient (Wildman–Crippen LogP) is 3.10. The average molecular weight is 325 g/mol. The number of aryl methyl sites for hydroxylation is 1. The largest absolute Gasteiger partial charge is 0.508 e. The van der Waals surface area contributed by atoms with Crippen molar-refractivity contribution < 1.29 is 24.9 Å². The molecule has 1 aromatic heterocycles. The lowest BCUT2D eigenvalue weighted by Crippen LogP contribution is -2.14. The van der Waals surface area contributed by atoms with E-state index in [0.29, 0.717) is 27.7 Å². The number of aliphatic carboxylic acids is 1. The number of aromatic hydroxyl groups is 1. The summed E-state index contributed by atoms with van der Waals surface area (Å²) < 4.78 is 0. The number of rotatable bonds is 4. The number of hydrogen-bond donors (Lipinski definition) is 4. The molecule has 6 heteroatoms. The molecular weight excluding hydrogens is 310 g/mol. The molecule has 3 rings (SSSR count). The Kier molecular flexibility index (Phi) is 3.73. The summed E-state index contributed by atoms with van der Waals surface area (Å²) in [6.07, 6.45) is 0. The number of carbonyl (C=O) groups is 2. The van der Waals surface area contributed by atoms with Crippen LogP contribution in [0.1, 0.15) is 33.1 Å². The van der Waals surface area contributed by atoms with Crippen LogP contribution in [0.5, 0.6) is 5.75 Å². The first-order valence-electron chi connectivity index (χ1n) is 7.26. The first-order valence-corrected chi connectivity index (χ1v) is 7.26. The number of nitrogens with one attached hydrogen (secondary N) is 1. The lowest BCUT2D eigenvalue weighted by atomic mass is 9.88. The van der Waals surface area contributed by atoms with Gasteiger partial charge in [-0.2, -0.15) is 0 Å². The van der Waals surface area contributed by atoms with Crippen molar-refractivity contribution in [3.05, 3.63) is 64.8 Å². The van der Waals surface area contributed by atoms with Crippen LogP contribution in [0, 0.1) is 6.92 Å². The zero-order valence-corrected chi connectivity index (χ0v) is 12.8. The van der Waals surface area contributed by atoms with Gasteiger partial charge in [-0.1, -0.05) is 24.3 Å². The van der Waals surface area contributed by atoms with E-state index in [-0.39, 0.29) is 11.3 Å². The Balaban J connectivity index is 2.33. The molecule has 0 saturated carbocycles. The minimum atomic E-state index is -1.12. The fourth-order valence-corrected chi connectivity index (χ4v) is 3.07. The smallest absolute Gasteiger partial charge is 0.338 e. The van der Waals surface area contributed by atoms with Crippen LogP contribution in [-0.4, -0.2) is 32.2 Å². The van der Waals surface area contributed by atoms with Gasteiger partial charge in [0.15, 0.2) is 0 Å². The molecular formula is C18H15NO5. The van der Waals surface area contributed by atoms with Gasteiger partial charge in [-0.05, 0) is 36.2 Å². The summed E-state index contributed by atoms with van der Waals surface area (Å²) >= 11 is 0. The summed E-state index contributed by atoms with van der Waals surface area (Å²) in [4.78, 5) is 26.5.